The molecule has 1 aliphatic heterocycles. The van der Waals surface area contributed by atoms with Crippen molar-refractivity contribution in [3.8, 4) is 0 Å². The van der Waals surface area contributed by atoms with Crippen LogP contribution in [0, 0.1) is 13.8 Å². The van der Waals surface area contributed by atoms with Gasteiger partial charge < -0.3 is 19.2 Å². The van der Waals surface area contributed by atoms with Gasteiger partial charge in [-0.25, -0.2) is 4.79 Å². The van der Waals surface area contributed by atoms with E-state index in [4.69, 9.17) is 8.94 Å². The van der Waals surface area contributed by atoms with E-state index in [-0.39, 0.29) is 18.0 Å². The lowest BCUT2D eigenvalue weighted by atomic mass is 10.00. The Kier molecular flexibility index (Phi) is 5.46. The van der Waals surface area contributed by atoms with Gasteiger partial charge in [0.2, 0.25) is 0 Å². The average molecular weight is 345 g/mol. The summed E-state index contributed by atoms with van der Waals surface area (Å²) in [5, 5.41) is 7.09. The van der Waals surface area contributed by atoms with Crippen LogP contribution in [-0.2, 0) is 0 Å². The summed E-state index contributed by atoms with van der Waals surface area (Å²) in [4.78, 5) is 14.8. The van der Waals surface area contributed by atoms with Gasteiger partial charge in [-0.15, -0.1) is 0 Å². The monoisotopic (exact) mass is 345 g/mol. The first-order chi connectivity index (χ1) is 12.1. The van der Waals surface area contributed by atoms with Crippen LogP contribution < -0.4 is 5.32 Å². The number of hydrogen-bond acceptors (Lipinski definition) is 4. The van der Waals surface area contributed by atoms with Crippen molar-refractivity contribution in [1.29, 1.82) is 0 Å². The van der Waals surface area contributed by atoms with Crippen molar-refractivity contribution in [2.45, 2.75) is 58.4 Å². The minimum atomic E-state index is -0.0260. The number of nitrogens with one attached hydrogen (secondary N) is 1. The number of urea groups is 1. The molecule has 0 saturated carbocycles. The van der Waals surface area contributed by atoms with E-state index in [2.05, 4.69) is 17.4 Å². The molecule has 6 heteroatoms. The quantitative estimate of drug-likeness (QED) is 0.896. The van der Waals surface area contributed by atoms with Crippen molar-refractivity contribution < 1.29 is 13.7 Å². The molecule has 2 aromatic rings. The number of carbonyl (C=O) groups excluding carboxylic acids is 1. The summed E-state index contributed by atoms with van der Waals surface area (Å²) in [6.45, 7) is 7.25. The fourth-order valence-electron chi connectivity index (χ4n) is 3.77. The molecular formula is C19H27N3O3. The second-order valence-corrected chi connectivity index (χ2v) is 6.90. The van der Waals surface area contributed by atoms with Crippen molar-refractivity contribution in [1.82, 2.24) is 15.4 Å². The van der Waals surface area contributed by atoms with Crippen LogP contribution in [0.4, 0.5) is 4.79 Å². The highest BCUT2D eigenvalue weighted by molar-refractivity contribution is 5.74. The molecule has 0 radical (unpaired) electrons. The van der Waals surface area contributed by atoms with Gasteiger partial charge in [-0.3, -0.25) is 0 Å². The van der Waals surface area contributed by atoms with Crippen LogP contribution in [0.15, 0.2) is 27.3 Å². The van der Waals surface area contributed by atoms with Crippen LogP contribution in [-0.4, -0.2) is 29.2 Å². The molecule has 0 spiro atoms. The number of rotatable bonds is 4. The Morgan fingerprint density at radius 1 is 1.40 bits per heavy atom. The summed E-state index contributed by atoms with van der Waals surface area (Å²) in [6.07, 6.45) is 5.92. The summed E-state index contributed by atoms with van der Waals surface area (Å²) in [6, 6.07) is 3.84. The molecule has 0 aliphatic carbocycles. The Labute approximate surface area is 148 Å². The molecule has 1 fully saturated rings. The van der Waals surface area contributed by atoms with Crippen molar-refractivity contribution in [2.75, 3.05) is 13.1 Å². The third-order valence-corrected chi connectivity index (χ3v) is 5.03. The lowest BCUT2D eigenvalue weighted by Crippen LogP contribution is -2.43. The molecule has 25 heavy (non-hydrogen) atoms. The second-order valence-electron chi connectivity index (χ2n) is 6.90. The first-order valence-electron chi connectivity index (χ1n) is 9.08. The number of furan rings is 1. The molecular weight excluding hydrogens is 318 g/mol. The number of aryl methyl sites for hydroxylation is 2. The van der Waals surface area contributed by atoms with Crippen molar-refractivity contribution in [3.05, 3.63) is 41.2 Å². The number of likely N-dealkylation sites (tertiary alicyclic amines) is 1. The fourth-order valence-corrected chi connectivity index (χ4v) is 3.77. The predicted octanol–water partition coefficient (Wildman–Crippen LogP) is 4.31. The Hall–Kier alpha value is -2.24. The molecule has 1 aliphatic rings. The van der Waals surface area contributed by atoms with E-state index >= 15 is 0 Å². The van der Waals surface area contributed by atoms with E-state index in [1.54, 1.807) is 6.26 Å². The average Bonchev–Trinajstić information content (AvgIpc) is 3.16. The molecule has 3 heterocycles. The number of hydrogen-bond donors (Lipinski definition) is 1. The summed E-state index contributed by atoms with van der Waals surface area (Å²) in [5.41, 5.74) is 1.97. The Morgan fingerprint density at radius 2 is 2.24 bits per heavy atom. The molecule has 0 bridgehead atoms. The van der Waals surface area contributed by atoms with Gasteiger partial charge in [-0.05, 0) is 38.8 Å². The van der Waals surface area contributed by atoms with E-state index in [9.17, 15) is 4.79 Å². The predicted molar refractivity (Wildman–Crippen MR) is 94.4 cm³/mol. The van der Waals surface area contributed by atoms with Gasteiger partial charge in [0.25, 0.3) is 0 Å². The second kappa shape index (κ2) is 7.76. The summed E-state index contributed by atoms with van der Waals surface area (Å²) >= 11 is 0. The smallest absolute Gasteiger partial charge is 0.318 e. The molecule has 136 valence electrons. The molecule has 2 amide bonds. The molecule has 3 rings (SSSR count). The number of nitrogens with zero attached hydrogens (tertiary/aromatic N) is 2. The Balaban J connectivity index is 1.66. The maximum atomic E-state index is 12.8. The lowest BCUT2D eigenvalue weighted by molar-refractivity contribution is 0.166. The molecule has 2 aromatic heterocycles. The van der Waals surface area contributed by atoms with Gasteiger partial charge in [0, 0.05) is 24.6 Å². The minimum absolute atomic E-state index is 0.0203. The highest BCUT2D eigenvalue weighted by atomic mass is 16.5. The molecule has 0 aromatic carbocycles. The van der Waals surface area contributed by atoms with Crippen LogP contribution >= 0.6 is 0 Å². The number of carbonyl (C=O) groups is 1. The third kappa shape index (κ3) is 3.89. The van der Waals surface area contributed by atoms with Crippen molar-refractivity contribution in [2.24, 2.45) is 0 Å². The van der Waals surface area contributed by atoms with Gasteiger partial charge >= 0.3 is 6.03 Å². The van der Waals surface area contributed by atoms with E-state index < -0.39 is 0 Å². The highest BCUT2D eigenvalue weighted by Gasteiger charge is 2.29. The van der Waals surface area contributed by atoms with Gasteiger partial charge in [-0.2, -0.15) is 0 Å². The lowest BCUT2D eigenvalue weighted by Gasteiger charge is -2.29. The van der Waals surface area contributed by atoms with Gasteiger partial charge in [0.05, 0.1) is 18.0 Å². The minimum Gasteiger partial charge on any atom is -0.467 e. The number of amides is 2. The fraction of sp³-hybridized carbons (Fsp3) is 0.579. The summed E-state index contributed by atoms with van der Waals surface area (Å²) in [5.74, 6) is 1.85. The molecule has 1 saturated heterocycles. The highest BCUT2D eigenvalue weighted by Crippen LogP contribution is 2.30. The van der Waals surface area contributed by atoms with E-state index in [1.165, 1.54) is 0 Å². The SMILES string of the molecule is Cc1noc(C)c1C(C)CNC(=O)N1CCCCCC1c1ccco1. The first-order valence-corrected chi connectivity index (χ1v) is 9.08. The van der Waals surface area contributed by atoms with Crippen LogP contribution in [0.5, 0.6) is 0 Å². The topological polar surface area (TPSA) is 71.5 Å². The normalized spacial score (nSPS) is 19.5. The number of aromatic nitrogens is 1. The molecule has 2 atom stereocenters. The van der Waals surface area contributed by atoms with Gasteiger partial charge in [0.15, 0.2) is 0 Å². The Bertz CT molecular complexity index is 673. The molecule has 2 unspecified atom stereocenters. The molecule has 6 nitrogen and oxygen atoms in total. The third-order valence-electron chi connectivity index (χ3n) is 5.03. The van der Waals surface area contributed by atoms with E-state index in [0.717, 1.165) is 55.0 Å². The largest absolute Gasteiger partial charge is 0.467 e. The van der Waals surface area contributed by atoms with E-state index in [0.29, 0.717) is 6.54 Å². The van der Waals surface area contributed by atoms with Crippen LogP contribution in [0.2, 0.25) is 0 Å². The van der Waals surface area contributed by atoms with Crippen LogP contribution in [0.25, 0.3) is 0 Å². The maximum absolute atomic E-state index is 12.8. The van der Waals surface area contributed by atoms with E-state index in [1.807, 2.05) is 30.9 Å². The van der Waals surface area contributed by atoms with Crippen molar-refractivity contribution >= 4 is 6.03 Å². The zero-order valence-corrected chi connectivity index (χ0v) is 15.2. The standard InChI is InChI=1S/C19H27N3O3/c1-13(18-14(2)21-25-15(18)3)12-20-19(23)22-10-6-4-5-8-16(22)17-9-7-11-24-17/h7,9,11,13,16H,4-6,8,10,12H2,1-3H3,(H,20,23). The Morgan fingerprint density at radius 3 is 2.92 bits per heavy atom. The summed E-state index contributed by atoms with van der Waals surface area (Å²) in [7, 11) is 0. The zero-order valence-electron chi connectivity index (χ0n) is 15.2. The van der Waals surface area contributed by atoms with Gasteiger partial charge in [-0.1, -0.05) is 24.9 Å². The molecule has 1 N–H and O–H groups in total. The van der Waals surface area contributed by atoms with Crippen molar-refractivity contribution in [3.63, 3.8) is 0 Å². The van der Waals surface area contributed by atoms with Crippen LogP contribution in [0.1, 0.15) is 67.3 Å². The zero-order chi connectivity index (χ0) is 17.8. The summed E-state index contributed by atoms with van der Waals surface area (Å²) < 4.78 is 10.8. The first kappa shape index (κ1) is 17.6. The maximum Gasteiger partial charge on any atom is 0.318 e. The van der Waals surface area contributed by atoms with Crippen LogP contribution in [0.3, 0.4) is 0 Å². The van der Waals surface area contributed by atoms with Gasteiger partial charge in [0.1, 0.15) is 11.5 Å².